The maximum atomic E-state index is 14.0. The lowest BCUT2D eigenvalue weighted by Crippen LogP contribution is -2.42. The van der Waals surface area contributed by atoms with Crippen LogP contribution in [0.3, 0.4) is 0 Å². The summed E-state index contributed by atoms with van der Waals surface area (Å²) in [6.07, 6.45) is 3.58. The number of sulfonamides is 1. The van der Waals surface area contributed by atoms with Crippen molar-refractivity contribution in [2.75, 3.05) is 44.6 Å². The minimum absolute atomic E-state index is 0.00908. The number of carbonyl (C=O) groups is 1. The van der Waals surface area contributed by atoms with E-state index < -0.39 is 10.0 Å². The average Bonchev–Trinajstić information content (AvgIpc) is 3.68. The van der Waals surface area contributed by atoms with Gasteiger partial charge in [-0.1, -0.05) is 29.8 Å². The fraction of sp³-hybridized carbons (Fsp3) is 0.382. The summed E-state index contributed by atoms with van der Waals surface area (Å²) < 4.78 is 31.7. The number of piperidine rings is 1. The van der Waals surface area contributed by atoms with Gasteiger partial charge in [-0.2, -0.15) is 4.31 Å². The third kappa shape index (κ3) is 5.44. The Morgan fingerprint density at radius 3 is 2.35 bits per heavy atom. The third-order valence-electron chi connectivity index (χ3n) is 9.40. The second kappa shape index (κ2) is 12.2. The molecule has 0 saturated carbocycles. The van der Waals surface area contributed by atoms with Gasteiger partial charge in [0, 0.05) is 39.3 Å². The van der Waals surface area contributed by atoms with Crippen LogP contribution in [0.25, 0.3) is 27.7 Å². The van der Waals surface area contributed by atoms with Crippen LogP contribution in [0.5, 0.6) is 0 Å². The van der Waals surface area contributed by atoms with Gasteiger partial charge in [-0.3, -0.25) is 14.0 Å². The summed E-state index contributed by atoms with van der Waals surface area (Å²) in [6, 6.07) is 18.3. The molecule has 12 heteroatoms. The molecule has 0 atom stereocenters. The van der Waals surface area contributed by atoms with Crippen LogP contribution in [0.1, 0.15) is 41.6 Å². The van der Waals surface area contributed by atoms with Crippen molar-refractivity contribution in [3.63, 3.8) is 0 Å². The molecule has 5 aromatic rings. The van der Waals surface area contributed by atoms with Gasteiger partial charge in [0.25, 0.3) is 5.91 Å². The Bertz CT molecular complexity index is 2110. The van der Waals surface area contributed by atoms with Gasteiger partial charge in [0.2, 0.25) is 15.5 Å². The topological polar surface area (TPSA) is 121 Å². The largest absolute Gasteiger partial charge is 0.367 e. The predicted octanol–water partition coefficient (Wildman–Crippen LogP) is 3.74. The molecule has 0 spiro atoms. The number of hydrogen-bond acceptors (Lipinski definition) is 7. The van der Waals surface area contributed by atoms with Crippen molar-refractivity contribution in [3.8, 4) is 0 Å². The summed E-state index contributed by atoms with van der Waals surface area (Å²) in [4.78, 5) is 35.2. The first kappa shape index (κ1) is 30.4. The lowest BCUT2D eigenvalue weighted by Gasteiger charge is -2.32. The molecule has 0 bridgehead atoms. The molecule has 11 nitrogen and oxygen atoms in total. The standard InChI is InChI=1S/C34H39N7O4S/c1-23-9-11-25(12-10-23)46(44,45)40-20-15-24(16-21-40)36-29-14-13-26-31(42)30(33(43)35-17-22-39-18-5-6-19-39)34-38(2)27-7-3-4-8-28(27)41(34)32(26)37-29/h3-4,7-14,24H,5-6,15-22H2,1-2H3,(H,35,43)(H,36,37). The van der Waals surface area contributed by atoms with E-state index in [0.29, 0.717) is 59.9 Å². The molecule has 2 aliphatic heterocycles. The number of rotatable bonds is 8. The Morgan fingerprint density at radius 2 is 1.63 bits per heavy atom. The summed E-state index contributed by atoms with van der Waals surface area (Å²) >= 11 is 0. The highest BCUT2D eigenvalue weighted by molar-refractivity contribution is 7.89. The highest BCUT2D eigenvalue weighted by atomic mass is 32.2. The highest BCUT2D eigenvalue weighted by Crippen LogP contribution is 2.27. The second-order valence-corrected chi connectivity index (χ2v) is 14.4. The van der Waals surface area contributed by atoms with Crippen molar-refractivity contribution in [1.29, 1.82) is 0 Å². The quantitative estimate of drug-likeness (QED) is 0.265. The van der Waals surface area contributed by atoms with Crippen LogP contribution in [0, 0.1) is 6.92 Å². The van der Waals surface area contributed by atoms with Crippen molar-refractivity contribution in [3.05, 3.63) is 82.0 Å². The van der Waals surface area contributed by atoms with Gasteiger partial charge in [-0.05, 0) is 82.1 Å². The molecule has 0 aliphatic carbocycles. The van der Waals surface area contributed by atoms with Crippen LogP contribution in [0.15, 0.2) is 70.4 Å². The smallest absolute Gasteiger partial charge is 0.259 e. The fourth-order valence-electron chi connectivity index (χ4n) is 6.86. The number of likely N-dealkylation sites (tertiary alicyclic amines) is 1. The number of fused-ring (bicyclic) bond motifs is 5. The Labute approximate surface area is 267 Å². The number of nitrogens with one attached hydrogen (secondary N) is 2. The Balaban J connectivity index is 1.18. The van der Waals surface area contributed by atoms with Gasteiger partial charge in [0.15, 0.2) is 5.65 Å². The van der Waals surface area contributed by atoms with Crippen molar-refractivity contribution in [1.82, 2.24) is 28.5 Å². The molecular formula is C34H39N7O4S. The van der Waals surface area contributed by atoms with E-state index in [2.05, 4.69) is 15.5 Å². The van der Waals surface area contributed by atoms with E-state index in [1.54, 1.807) is 28.6 Å². The molecule has 2 N–H and O–H groups in total. The van der Waals surface area contributed by atoms with Crippen molar-refractivity contribution in [2.45, 2.75) is 43.5 Å². The van der Waals surface area contributed by atoms with Crippen LogP contribution >= 0.6 is 0 Å². The molecule has 2 saturated heterocycles. The first-order valence-electron chi connectivity index (χ1n) is 16.0. The molecule has 240 valence electrons. The van der Waals surface area contributed by atoms with E-state index in [1.807, 2.05) is 59.3 Å². The number of anilines is 1. The van der Waals surface area contributed by atoms with Gasteiger partial charge in [-0.25, -0.2) is 13.4 Å². The number of pyridine rings is 2. The van der Waals surface area contributed by atoms with Gasteiger partial charge in [0.1, 0.15) is 17.0 Å². The number of imidazole rings is 1. The van der Waals surface area contributed by atoms with Crippen LogP contribution in [-0.2, 0) is 17.1 Å². The SMILES string of the molecule is Cc1ccc(S(=O)(=O)N2CCC(Nc3ccc4c(=O)c(C(=O)NCCN5CCCC5)c5n(C)c6ccccc6n5c4n3)CC2)cc1. The normalized spacial score (nSPS) is 16.9. The molecule has 2 fully saturated rings. The van der Waals surface area contributed by atoms with E-state index >= 15 is 0 Å². The minimum atomic E-state index is -3.56. The summed E-state index contributed by atoms with van der Waals surface area (Å²) in [6.45, 7) is 6.02. The second-order valence-electron chi connectivity index (χ2n) is 12.4. The number of amides is 1. The zero-order valence-corrected chi connectivity index (χ0v) is 27.0. The van der Waals surface area contributed by atoms with E-state index in [0.717, 1.165) is 36.2 Å². The Morgan fingerprint density at radius 1 is 0.935 bits per heavy atom. The van der Waals surface area contributed by atoms with Crippen molar-refractivity contribution >= 4 is 49.5 Å². The maximum Gasteiger partial charge on any atom is 0.259 e. The molecule has 3 aromatic heterocycles. The average molecular weight is 642 g/mol. The first-order valence-corrected chi connectivity index (χ1v) is 17.4. The third-order valence-corrected chi connectivity index (χ3v) is 11.3. The molecule has 2 aromatic carbocycles. The molecule has 0 unspecified atom stereocenters. The molecule has 46 heavy (non-hydrogen) atoms. The lowest BCUT2D eigenvalue weighted by atomic mass is 10.1. The van der Waals surface area contributed by atoms with Gasteiger partial charge in [0.05, 0.1) is 21.3 Å². The molecule has 1 amide bonds. The van der Waals surface area contributed by atoms with E-state index in [-0.39, 0.29) is 22.9 Å². The summed E-state index contributed by atoms with van der Waals surface area (Å²) in [7, 11) is -1.69. The van der Waals surface area contributed by atoms with Crippen LogP contribution in [0.4, 0.5) is 5.82 Å². The van der Waals surface area contributed by atoms with E-state index in [9.17, 15) is 18.0 Å². The van der Waals surface area contributed by atoms with E-state index in [4.69, 9.17) is 4.98 Å². The predicted molar refractivity (Wildman–Crippen MR) is 180 cm³/mol. The number of nitrogens with zero attached hydrogens (tertiary/aromatic N) is 5. The zero-order chi connectivity index (χ0) is 32.0. The fourth-order valence-corrected chi connectivity index (χ4v) is 8.33. The summed E-state index contributed by atoms with van der Waals surface area (Å²) in [5.41, 5.74) is 3.45. The summed E-state index contributed by atoms with van der Waals surface area (Å²) in [5.74, 6) is 0.209. The number of aryl methyl sites for hydroxylation is 2. The highest BCUT2D eigenvalue weighted by Gasteiger charge is 2.30. The number of hydrogen-bond donors (Lipinski definition) is 2. The Kier molecular flexibility index (Phi) is 8.04. The molecule has 5 heterocycles. The lowest BCUT2D eigenvalue weighted by molar-refractivity contribution is 0.0950. The van der Waals surface area contributed by atoms with Crippen LogP contribution < -0.4 is 16.1 Å². The van der Waals surface area contributed by atoms with Gasteiger partial charge in [-0.15, -0.1) is 0 Å². The number of carbonyl (C=O) groups excluding carboxylic acids is 1. The molecule has 7 rings (SSSR count). The number of aromatic nitrogens is 3. The molecule has 0 radical (unpaired) electrons. The zero-order valence-electron chi connectivity index (χ0n) is 26.2. The first-order chi connectivity index (χ1) is 22.2. The van der Waals surface area contributed by atoms with Crippen molar-refractivity contribution < 1.29 is 13.2 Å². The number of benzene rings is 2. The van der Waals surface area contributed by atoms with Crippen LogP contribution in [0.2, 0.25) is 0 Å². The summed E-state index contributed by atoms with van der Waals surface area (Å²) in [5, 5.41) is 6.85. The minimum Gasteiger partial charge on any atom is -0.367 e. The molecule has 2 aliphatic rings. The van der Waals surface area contributed by atoms with Gasteiger partial charge >= 0.3 is 0 Å². The van der Waals surface area contributed by atoms with Crippen LogP contribution in [-0.4, -0.2) is 82.8 Å². The Hall–Kier alpha value is -4.26. The molecular weight excluding hydrogens is 602 g/mol. The van der Waals surface area contributed by atoms with Gasteiger partial charge < -0.3 is 20.1 Å². The number of para-hydroxylation sites is 2. The van der Waals surface area contributed by atoms with Crippen molar-refractivity contribution in [2.24, 2.45) is 7.05 Å². The maximum absolute atomic E-state index is 14.0. The van der Waals surface area contributed by atoms with E-state index in [1.165, 1.54) is 12.8 Å². The monoisotopic (exact) mass is 641 g/mol.